The number of carbonyl (C=O) groups excluding carboxylic acids is 4. The van der Waals surface area contributed by atoms with Crippen LogP contribution in [0.3, 0.4) is 0 Å². The first-order valence-corrected chi connectivity index (χ1v) is 14.0. The summed E-state index contributed by atoms with van der Waals surface area (Å²) in [5.41, 5.74) is 7.49. The molecule has 1 aliphatic carbocycles. The fourth-order valence-corrected chi connectivity index (χ4v) is 6.70. The normalized spacial score (nSPS) is 25.8. The minimum atomic E-state index is -1.86. The maximum absolute atomic E-state index is 15.0. The monoisotopic (exact) mass is 581 g/mol. The lowest BCUT2D eigenvalue weighted by atomic mass is 9.72. The lowest BCUT2D eigenvalue weighted by Crippen LogP contribution is -2.58. The van der Waals surface area contributed by atoms with Crippen molar-refractivity contribution >= 4 is 40.3 Å². The topological polar surface area (TPSA) is 173 Å². The van der Waals surface area contributed by atoms with Crippen molar-refractivity contribution in [1.82, 2.24) is 20.5 Å². The fourth-order valence-electron chi connectivity index (χ4n) is 6.70. The van der Waals surface area contributed by atoms with Crippen molar-refractivity contribution < 1.29 is 38.1 Å². The molecule has 13 heteroatoms. The lowest BCUT2D eigenvalue weighted by molar-refractivity contribution is -0.190. The summed E-state index contributed by atoms with van der Waals surface area (Å²) in [6, 6.07) is 0.885. The highest BCUT2D eigenvalue weighted by molar-refractivity contribution is 5.99. The Balaban J connectivity index is 1.41. The Kier molecular flexibility index (Phi) is 6.98. The maximum Gasteiger partial charge on any atom is 0.338 e. The number of aromatic nitrogens is 1. The van der Waals surface area contributed by atoms with Gasteiger partial charge in [-0.25, -0.2) is 14.2 Å². The molecule has 3 amide bonds. The number of rotatable bonds is 7. The van der Waals surface area contributed by atoms with Gasteiger partial charge < -0.3 is 35.8 Å². The van der Waals surface area contributed by atoms with E-state index in [-0.39, 0.29) is 45.4 Å². The van der Waals surface area contributed by atoms with Crippen molar-refractivity contribution in [3.8, 4) is 0 Å². The number of fused-ring (bicyclic) bond motifs is 5. The molecular formula is C29H32FN5O7. The van der Waals surface area contributed by atoms with Gasteiger partial charge in [0, 0.05) is 22.9 Å². The number of carbonyl (C=O) groups is 4. The summed E-state index contributed by atoms with van der Waals surface area (Å²) in [4.78, 5) is 56.9. The maximum atomic E-state index is 15.0. The molecule has 4 heterocycles. The molecule has 5 N–H and O–H groups in total. The molecule has 1 aromatic heterocycles. The highest BCUT2D eigenvalue weighted by Crippen LogP contribution is 2.49. The Morgan fingerprint density at radius 2 is 2.10 bits per heavy atom. The van der Waals surface area contributed by atoms with Crippen LogP contribution in [0.5, 0.6) is 0 Å². The summed E-state index contributed by atoms with van der Waals surface area (Å²) < 4.78 is 25.5. The molecule has 2 unspecified atom stereocenters. The molecule has 12 nitrogen and oxygen atoms in total. The first-order chi connectivity index (χ1) is 20.1. The van der Waals surface area contributed by atoms with E-state index < -0.39 is 47.1 Å². The molecular weight excluding hydrogens is 549 g/mol. The average Bonchev–Trinajstić information content (AvgIpc) is 3.35. The third-order valence-corrected chi connectivity index (χ3v) is 8.94. The molecule has 0 spiro atoms. The van der Waals surface area contributed by atoms with Crippen molar-refractivity contribution in [1.29, 1.82) is 0 Å². The standard InChI is InChI=1S/C29H32FN5O7/c1-3-29(40)17-6-21-26-15(9-35(21)27(38)16(17)10-42-28(29)39)25-19(33-23(37)11-41-12-32-22(36)8-31)5-4-14-13(2)18(30)7-20(34-26)24(14)25/h6-7,16-17,19,40H,3-5,8-12,31H2,1-2H3,(H,32,36)(H,33,37)/t16?,17?,19-,29-/m0/s1. The van der Waals surface area contributed by atoms with Crippen LogP contribution in [0, 0.1) is 24.6 Å². The van der Waals surface area contributed by atoms with Crippen LogP contribution in [-0.4, -0.2) is 70.8 Å². The first-order valence-electron chi connectivity index (χ1n) is 14.0. The molecule has 1 fully saturated rings. The summed E-state index contributed by atoms with van der Waals surface area (Å²) >= 11 is 0. The molecule has 1 saturated heterocycles. The number of nitrogens with zero attached hydrogens (tertiary/aromatic N) is 2. The molecule has 4 atom stereocenters. The quantitative estimate of drug-likeness (QED) is 0.206. The molecule has 42 heavy (non-hydrogen) atoms. The number of aryl methyl sites for hydroxylation is 1. The van der Waals surface area contributed by atoms with E-state index in [1.54, 1.807) is 24.8 Å². The van der Waals surface area contributed by atoms with Crippen molar-refractivity contribution in [3.63, 3.8) is 0 Å². The molecule has 0 radical (unpaired) electrons. The Morgan fingerprint density at radius 1 is 1.31 bits per heavy atom. The van der Waals surface area contributed by atoms with E-state index in [4.69, 9.17) is 20.2 Å². The van der Waals surface area contributed by atoms with Crippen molar-refractivity contribution in [2.75, 3.05) is 26.5 Å². The number of hydrogen-bond acceptors (Lipinski definition) is 9. The van der Waals surface area contributed by atoms with Crippen LogP contribution in [0.4, 0.5) is 4.39 Å². The molecule has 222 valence electrons. The highest BCUT2D eigenvalue weighted by atomic mass is 19.1. The zero-order valence-electron chi connectivity index (χ0n) is 23.3. The smallest absolute Gasteiger partial charge is 0.338 e. The number of halogens is 1. The van der Waals surface area contributed by atoms with E-state index in [9.17, 15) is 24.3 Å². The second kappa shape index (κ2) is 10.4. The third-order valence-electron chi connectivity index (χ3n) is 8.94. The Morgan fingerprint density at radius 3 is 2.83 bits per heavy atom. The van der Waals surface area contributed by atoms with Crippen molar-refractivity contribution in [3.05, 3.63) is 45.9 Å². The summed E-state index contributed by atoms with van der Waals surface area (Å²) in [6.45, 7) is 2.73. The lowest BCUT2D eigenvalue weighted by Gasteiger charge is -2.44. The van der Waals surface area contributed by atoms with Gasteiger partial charge in [-0.1, -0.05) is 13.0 Å². The number of nitrogens with two attached hydrogens (primary N) is 1. The van der Waals surface area contributed by atoms with Crippen LogP contribution in [0.15, 0.2) is 12.1 Å². The first kappa shape index (κ1) is 28.2. The van der Waals surface area contributed by atoms with Crippen molar-refractivity contribution in [2.45, 2.75) is 51.3 Å². The van der Waals surface area contributed by atoms with Gasteiger partial charge in [0.25, 0.3) is 0 Å². The number of ether oxygens (including phenoxy) is 2. The van der Waals surface area contributed by atoms with Crippen molar-refractivity contribution in [2.24, 2.45) is 17.6 Å². The van der Waals surface area contributed by atoms with Gasteiger partial charge in [-0.2, -0.15) is 0 Å². The fraction of sp³-hybridized carbons (Fsp3) is 0.483. The Hall–Kier alpha value is -3.94. The molecule has 1 aromatic carbocycles. The molecule has 0 saturated carbocycles. The summed E-state index contributed by atoms with van der Waals surface area (Å²) in [5.74, 6) is -3.84. The number of hydrogen-bond donors (Lipinski definition) is 4. The van der Waals surface area contributed by atoms with Gasteiger partial charge in [0.2, 0.25) is 17.7 Å². The van der Waals surface area contributed by atoms with E-state index in [0.29, 0.717) is 35.3 Å². The van der Waals surface area contributed by atoms with Gasteiger partial charge in [-0.05, 0) is 42.9 Å². The zero-order valence-corrected chi connectivity index (χ0v) is 23.3. The minimum absolute atomic E-state index is 0.0627. The Bertz CT molecular complexity index is 1580. The van der Waals surface area contributed by atoms with E-state index in [0.717, 1.165) is 22.1 Å². The van der Waals surface area contributed by atoms with Gasteiger partial charge in [-0.15, -0.1) is 0 Å². The number of benzene rings is 1. The molecule has 3 aliphatic heterocycles. The molecule has 4 aliphatic rings. The van der Waals surface area contributed by atoms with Crippen LogP contribution in [0.25, 0.3) is 16.6 Å². The zero-order chi connectivity index (χ0) is 29.9. The number of nitrogens with one attached hydrogen (secondary N) is 2. The van der Waals surface area contributed by atoms with E-state index in [1.807, 2.05) is 0 Å². The van der Waals surface area contributed by atoms with Crippen LogP contribution >= 0.6 is 0 Å². The summed E-state index contributed by atoms with van der Waals surface area (Å²) in [7, 11) is 0. The largest absolute Gasteiger partial charge is 0.463 e. The third kappa shape index (κ3) is 4.26. The van der Waals surface area contributed by atoms with E-state index in [1.165, 1.54) is 6.07 Å². The summed E-state index contributed by atoms with van der Waals surface area (Å²) in [6.07, 6.45) is 2.77. The Labute approximate surface area is 240 Å². The van der Waals surface area contributed by atoms with Gasteiger partial charge in [0.05, 0.1) is 42.0 Å². The number of pyridine rings is 1. The number of esters is 1. The van der Waals surface area contributed by atoms with Crippen LogP contribution in [0.1, 0.15) is 53.8 Å². The van der Waals surface area contributed by atoms with E-state index in [2.05, 4.69) is 10.6 Å². The highest BCUT2D eigenvalue weighted by Gasteiger charge is 2.57. The van der Waals surface area contributed by atoms with Crippen LogP contribution in [0.2, 0.25) is 0 Å². The molecule has 2 aromatic rings. The molecule has 0 bridgehead atoms. The number of cyclic esters (lactones) is 1. The van der Waals surface area contributed by atoms with Gasteiger partial charge in [0.15, 0.2) is 5.60 Å². The van der Waals surface area contributed by atoms with Gasteiger partial charge in [0.1, 0.15) is 25.8 Å². The van der Waals surface area contributed by atoms with Gasteiger partial charge in [-0.3, -0.25) is 14.4 Å². The average molecular weight is 582 g/mol. The predicted molar refractivity (Wildman–Crippen MR) is 145 cm³/mol. The van der Waals surface area contributed by atoms with E-state index >= 15 is 4.39 Å². The van der Waals surface area contributed by atoms with Crippen LogP contribution in [-0.2, 0) is 41.6 Å². The summed E-state index contributed by atoms with van der Waals surface area (Å²) in [5, 5.41) is 17.4. The van der Waals surface area contributed by atoms with Crippen LogP contribution < -0.4 is 16.4 Å². The SMILES string of the molecule is CC[C@@]1(O)C(=O)OCC2C(=O)N3Cc4c(nc5cc(F)c(C)c6c5c4[C@@H](NC(=O)COCNC(=O)CN)CC6)C3=CC21. The second-order valence-corrected chi connectivity index (χ2v) is 11.1. The number of amides is 3. The van der Waals surface area contributed by atoms with Gasteiger partial charge >= 0.3 is 5.97 Å². The molecule has 6 rings (SSSR count). The minimum Gasteiger partial charge on any atom is -0.463 e. The second-order valence-electron chi connectivity index (χ2n) is 11.1. The predicted octanol–water partition coefficient (Wildman–Crippen LogP) is 0.462. The number of aliphatic hydroxyl groups is 1.